The molecule has 0 aliphatic heterocycles. The Hall–Kier alpha value is -3.27. The zero-order valence-electron chi connectivity index (χ0n) is 15.5. The van der Waals surface area contributed by atoms with Gasteiger partial charge in [-0.1, -0.05) is 42.5 Å². The summed E-state index contributed by atoms with van der Waals surface area (Å²) in [4.78, 5) is 12.6. The molecule has 0 unspecified atom stereocenters. The number of hydrogen-bond acceptors (Lipinski definition) is 3. The average Bonchev–Trinajstić information content (AvgIpc) is 2.68. The van der Waals surface area contributed by atoms with E-state index in [0.29, 0.717) is 23.6 Å². The quantitative estimate of drug-likeness (QED) is 0.621. The Labute approximate surface area is 159 Å². The summed E-state index contributed by atoms with van der Waals surface area (Å²) in [5, 5.41) is 2.92. The predicted octanol–water partition coefficient (Wildman–Crippen LogP) is 5.31. The fraction of sp³-hybridized carbons (Fsp3) is 0.174. The van der Waals surface area contributed by atoms with Gasteiger partial charge in [-0.2, -0.15) is 0 Å². The smallest absolute Gasteiger partial charge is 0.255 e. The van der Waals surface area contributed by atoms with E-state index in [-0.39, 0.29) is 12.0 Å². The molecule has 0 fully saturated rings. The Kier molecular flexibility index (Phi) is 6.10. The van der Waals surface area contributed by atoms with Crippen molar-refractivity contribution in [3.05, 3.63) is 90.0 Å². The second kappa shape index (κ2) is 8.90. The van der Waals surface area contributed by atoms with Gasteiger partial charge in [-0.3, -0.25) is 4.79 Å². The minimum atomic E-state index is -0.193. The number of anilines is 1. The highest BCUT2D eigenvalue weighted by atomic mass is 16.5. The van der Waals surface area contributed by atoms with Crippen LogP contribution in [-0.4, -0.2) is 12.0 Å². The maximum atomic E-state index is 12.6. The molecule has 0 radical (unpaired) electrons. The molecule has 3 aromatic carbocycles. The van der Waals surface area contributed by atoms with Gasteiger partial charge >= 0.3 is 0 Å². The molecule has 27 heavy (non-hydrogen) atoms. The standard InChI is InChI=1S/C23H23NO3/c1-17(2)27-20-14-12-19(13-15-20)23(25)24-21-10-6-7-11-22(21)26-16-18-8-4-3-5-9-18/h3-15,17H,16H2,1-2H3,(H,24,25). The minimum absolute atomic E-state index is 0.0957. The first-order valence-electron chi connectivity index (χ1n) is 8.95. The highest BCUT2D eigenvalue weighted by molar-refractivity contribution is 6.05. The molecule has 0 bridgehead atoms. The minimum Gasteiger partial charge on any atom is -0.491 e. The van der Waals surface area contributed by atoms with Gasteiger partial charge < -0.3 is 14.8 Å². The van der Waals surface area contributed by atoms with Crippen LogP contribution in [0.3, 0.4) is 0 Å². The van der Waals surface area contributed by atoms with E-state index in [1.54, 1.807) is 24.3 Å². The molecule has 4 nitrogen and oxygen atoms in total. The molecule has 4 heteroatoms. The molecule has 3 aromatic rings. The van der Waals surface area contributed by atoms with E-state index in [2.05, 4.69) is 5.32 Å². The van der Waals surface area contributed by atoms with Crippen LogP contribution >= 0.6 is 0 Å². The fourth-order valence-corrected chi connectivity index (χ4v) is 2.58. The molecule has 138 valence electrons. The molecule has 0 heterocycles. The summed E-state index contributed by atoms with van der Waals surface area (Å²) in [5.41, 5.74) is 2.27. The van der Waals surface area contributed by atoms with Gasteiger partial charge in [-0.15, -0.1) is 0 Å². The van der Waals surface area contributed by atoms with Crippen molar-refractivity contribution in [2.45, 2.75) is 26.6 Å². The Balaban J connectivity index is 1.67. The molecular formula is C23H23NO3. The van der Waals surface area contributed by atoms with Crippen LogP contribution in [-0.2, 0) is 6.61 Å². The zero-order chi connectivity index (χ0) is 19.1. The van der Waals surface area contributed by atoms with E-state index in [1.807, 2.05) is 68.4 Å². The lowest BCUT2D eigenvalue weighted by Crippen LogP contribution is -2.13. The summed E-state index contributed by atoms with van der Waals surface area (Å²) in [6.07, 6.45) is 0.0957. The van der Waals surface area contributed by atoms with E-state index in [0.717, 1.165) is 11.3 Å². The number of ether oxygens (including phenoxy) is 2. The highest BCUT2D eigenvalue weighted by Crippen LogP contribution is 2.25. The number of amides is 1. The largest absolute Gasteiger partial charge is 0.491 e. The van der Waals surface area contributed by atoms with Gasteiger partial charge in [0.2, 0.25) is 0 Å². The third kappa shape index (κ3) is 5.35. The SMILES string of the molecule is CC(C)Oc1ccc(C(=O)Nc2ccccc2OCc2ccccc2)cc1. The van der Waals surface area contributed by atoms with Crippen molar-refractivity contribution >= 4 is 11.6 Å². The second-order valence-electron chi connectivity index (χ2n) is 6.42. The number of benzene rings is 3. The summed E-state index contributed by atoms with van der Waals surface area (Å²) in [6, 6.07) is 24.4. The first-order chi connectivity index (χ1) is 13.1. The molecule has 0 aromatic heterocycles. The van der Waals surface area contributed by atoms with Gasteiger partial charge in [-0.25, -0.2) is 0 Å². The Bertz CT molecular complexity index is 874. The summed E-state index contributed by atoms with van der Waals surface area (Å²) < 4.78 is 11.5. The van der Waals surface area contributed by atoms with Gasteiger partial charge in [0.05, 0.1) is 11.8 Å². The molecule has 0 atom stereocenters. The maximum Gasteiger partial charge on any atom is 0.255 e. The van der Waals surface area contributed by atoms with Crippen LogP contribution in [0.2, 0.25) is 0 Å². The van der Waals surface area contributed by atoms with Crippen LogP contribution < -0.4 is 14.8 Å². The monoisotopic (exact) mass is 361 g/mol. The van der Waals surface area contributed by atoms with Crippen molar-refractivity contribution in [2.75, 3.05) is 5.32 Å². The molecule has 3 rings (SSSR count). The molecular weight excluding hydrogens is 338 g/mol. The summed E-state index contributed by atoms with van der Waals surface area (Å²) >= 11 is 0. The van der Waals surface area contributed by atoms with Crippen LogP contribution in [0.15, 0.2) is 78.9 Å². The van der Waals surface area contributed by atoms with Crippen molar-refractivity contribution in [2.24, 2.45) is 0 Å². The molecule has 0 spiro atoms. The first kappa shape index (κ1) is 18.5. The number of rotatable bonds is 7. The molecule has 0 aliphatic carbocycles. The van der Waals surface area contributed by atoms with E-state index in [4.69, 9.17) is 9.47 Å². The van der Waals surface area contributed by atoms with Crippen LogP contribution in [0.25, 0.3) is 0 Å². The Morgan fingerprint density at radius 3 is 2.26 bits per heavy atom. The first-order valence-corrected chi connectivity index (χ1v) is 8.95. The second-order valence-corrected chi connectivity index (χ2v) is 6.42. The van der Waals surface area contributed by atoms with E-state index >= 15 is 0 Å². The number of nitrogens with one attached hydrogen (secondary N) is 1. The van der Waals surface area contributed by atoms with E-state index in [1.165, 1.54) is 0 Å². The number of carbonyl (C=O) groups is 1. The molecule has 1 amide bonds. The fourth-order valence-electron chi connectivity index (χ4n) is 2.58. The third-order valence-electron chi connectivity index (χ3n) is 3.86. The predicted molar refractivity (Wildman–Crippen MR) is 107 cm³/mol. The van der Waals surface area contributed by atoms with Crippen molar-refractivity contribution in [3.63, 3.8) is 0 Å². The van der Waals surface area contributed by atoms with Gasteiger partial charge in [0, 0.05) is 5.56 Å². The average molecular weight is 361 g/mol. The van der Waals surface area contributed by atoms with Crippen molar-refractivity contribution in [1.29, 1.82) is 0 Å². The van der Waals surface area contributed by atoms with Crippen molar-refractivity contribution in [1.82, 2.24) is 0 Å². The third-order valence-corrected chi connectivity index (χ3v) is 3.86. The zero-order valence-corrected chi connectivity index (χ0v) is 15.5. The van der Waals surface area contributed by atoms with Crippen molar-refractivity contribution in [3.8, 4) is 11.5 Å². The molecule has 1 N–H and O–H groups in total. The van der Waals surface area contributed by atoms with E-state index in [9.17, 15) is 4.79 Å². The maximum absolute atomic E-state index is 12.6. The summed E-state index contributed by atoms with van der Waals surface area (Å²) in [7, 11) is 0. The Morgan fingerprint density at radius 1 is 0.889 bits per heavy atom. The number of para-hydroxylation sites is 2. The molecule has 0 saturated carbocycles. The van der Waals surface area contributed by atoms with Crippen LogP contribution in [0.5, 0.6) is 11.5 Å². The lowest BCUT2D eigenvalue weighted by atomic mass is 10.2. The van der Waals surface area contributed by atoms with E-state index < -0.39 is 0 Å². The highest BCUT2D eigenvalue weighted by Gasteiger charge is 2.10. The molecule has 0 saturated heterocycles. The van der Waals surface area contributed by atoms with Gasteiger partial charge in [-0.05, 0) is 55.8 Å². The van der Waals surface area contributed by atoms with Crippen LogP contribution in [0, 0.1) is 0 Å². The summed E-state index contributed by atoms with van der Waals surface area (Å²) in [5.74, 6) is 1.18. The van der Waals surface area contributed by atoms with Gasteiger partial charge in [0.15, 0.2) is 0 Å². The van der Waals surface area contributed by atoms with Crippen molar-refractivity contribution < 1.29 is 14.3 Å². The summed E-state index contributed by atoms with van der Waals surface area (Å²) in [6.45, 7) is 4.37. The lowest BCUT2D eigenvalue weighted by Gasteiger charge is -2.13. The number of carbonyl (C=O) groups excluding carboxylic acids is 1. The van der Waals surface area contributed by atoms with Gasteiger partial charge in [0.25, 0.3) is 5.91 Å². The van der Waals surface area contributed by atoms with Crippen LogP contribution in [0.4, 0.5) is 5.69 Å². The van der Waals surface area contributed by atoms with Gasteiger partial charge in [0.1, 0.15) is 18.1 Å². The lowest BCUT2D eigenvalue weighted by molar-refractivity contribution is 0.102. The Morgan fingerprint density at radius 2 is 1.56 bits per heavy atom. The normalized spacial score (nSPS) is 10.5. The topological polar surface area (TPSA) is 47.6 Å². The van der Waals surface area contributed by atoms with Crippen LogP contribution in [0.1, 0.15) is 29.8 Å². The molecule has 0 aliphatic rings. The number of hydrogen-bond donors (Lipinski definition) is 1.